The Morgan fingerprint density at radius 2 is 2.19 bits per heavy atom. The van der Waals surface area contributed by atoms with Gasteiger partial charge >= 0.3 is 0 Å². The molecule has 2 nitrogen and oxygen atoms in total. The third-order valence-electron chi connectivity index (χ3n) is 3.17. The standard InChI is InChI=1S/C14H18N2/c1-3-16(10-12-5-6-12)14-7-4-11(2)8-13(14)9-15/h4,7-8,12H,3,5-6,10H2,1-2H3. The first kappa shape index (κ1) is 11.0. The minimum absolute atomic E-state index is 0.808. The van der Waals surface area contributed by atoms with E-state index >= 15 is 0 Å². The molecule has 2 rings (SSSR count). The van der Waals surface area contributed by atoms with Crippen molar-refractivity contribution >= 4 is 5.69 Å². The lowest BCUT2D eigenvalue weighted by atomic mass is 10.1. The molecule has 84 valence electrons. The molecule has 1 aromatic carbocycles. The van der Waals surface area contributed by atoms with Crippen LogP contribution in [0.5, 0.6) is 0 Å². The summed E-state index contributed by atoms with van der Waals surface area (Å²) in [6.45, 7) is 6.27. The van der Waals surface area contributed by atoms with Gasteiger partial charge in [-0.3, -0.25) is 0 Å². The molecule has 0 amide bonds. The third-order valence-corrected chi connectivity index (χ3v) is 3.17. The highest BCUT2D eigenvalue weighted by Crippen LogP contribution is 2.32. The second-order valence-corrected chi connectivity index (χ2v) is 4.61. The SMILES string of the molecule is CCN(CC1CC1)c1ccc(C)cc1C#N. The number of nitriles is 1. The van der Waals surface area contributed by atoms with Gasteiger partial charge in [-0.25, -0.2) is 0 Å². The molecule has 0 heterocycles. The van der Waals surface area contributed by atoms with Crippen molar-refractivity contribution in [2.75, 3.05) is 18.0 Å². The molecule has 0 spiro atoms. The maximum absolute atomic E-state index is 9.16. The van der Waals surface area contributed by atoms with Crippen LogP contribution in [0.25, 0.3) is 0 Å². The second-order valence-electron chi connectivity index (χ2n) is 4.61. The highest BCUT2D eigenvalue weighted by atomic mass is 15.1. The van der Waals surface area contributed by atoms with Crippen molar-refractivity contribution in [3.63, 3.8) is 0 Å². The summed E-state index contributed by atoms with van der Waals surface area (Å²) in [6.07, 6.45) is 2.70. The van der Waals surface area contributed by atoms with E-state index in [1.165, 1.54) is 12.8 Å². The molecule has 1 fully saturated rings. The van der Waals surface area contributed by atoms with Crippen LogP contribution in [-0.2, 0) is 0 Å². The van der Waals surface area contributed by atoms with Crippen molar-refractivity contribution in [1.82, 2.24) is 0 Å². The molecule has 0 unspecified atom stereocenters. The fourth-order valence-corrected chi connectivity index (χ4v) is 2.03. The lowest BCUT2D eigenvalue weighted by Gasteiger charge is -2.24. The Morgan fingerprint density at radius 1 is 1.44 bits per heavy atom. The van der Waals surface area contributed by atoms with E-state index in [2.05, 4.69) is 30.0 Å². The molecule has 0 radical (unpaired) electrons. The Balaban J connectivity index is 2.25. The lowest BCUT2D eigenvalue weighted by Crippen LogP contribution is -2.26. The monoisotopic (exact) mass is 214 g/mol. The van der Waals surface area contributed by atoms with E-state index in [1.54, 1.807) is 0 Å². The maximum atomic E-state index is 9.16. The molecule has 16 heavy (non-hydrogen) atoms. The Morgan fingerprint density at radius 3 is 2.75 bits per heavy atom. The summed E-state index contributed by atoms with van der Waals surface area (Å²) < 4.78 is 0. The van der Waals surface area contributed by atoms with Crippen LogP contribution in [0.15, 0.2) is 18.2 Å². The van der Waals surface area contributed by atoms with Crippen LogP contribution in [0.4, 0.5) is 5.69 Å². The number of rotatable bonds is 4. The van der Waals surface area contributed by atoms with Gasteiger partial charge in [0.25, 0.3) is 0 Å². The normalized spacial score (nSPS) is 14.6. The van der Waals surface area contributed by atoms with Gasteiger partial charge in [0.1, 0.15) is 6.07 Å². The Labute approximate surface area is 97.5 Å². The van der Waals surface area contributed by atoms with Crippen molar-refractivity contribution in [2.24, 2.45) is 5.92 Å². The topological polar surface area (TPSA) is 27.0 Å². The summed E-state index contributed by atoms with van der Waals surface area (Å²) in [5, 5.41) is 9.16. The molecule has 0 aromatic heterocycles. The zero-order chi connectivity index (χ0) is 11.5. The minimum atomic E-state index is 0.808. The fourth-order valence-electron chi connectivity index (χ4n) is 2.03. The number of nitrogens with zero attached hydrogens (tertiary/aromatic N) is 2. The van der Waals surface area contributed by atoms with E-state index in [1.807, 2.05) is 13.0 Å². The predicted molar refractivity (Wildman–Crippen MR) is 66.5 cm³/mol. The average Bonchev–Trinajstić information content (AvgIpc) is 3.10. The van der Waals surface area contributed by atoms with Crippen molar-refractivity contribution in [3.05, 3.63) is 29.3 Å². The van der Waals surface area contributed by atoms with Gasteiger partial charge in [-0.05, 0) is 50.3 Å². The number of aryl methyl sites for hydroxylation is 1. The minimum Gasteiger partial charge on any atom is -0.370 e. The molecule has 0 saturated heterocycles. The summed E-state index contributed by atoms with van der Waals surface area (Å²) in [5.41, 5.74) is 3.06. The molecular weight excluding hydrogens is 196 g/mol. The summed E-state index contributed by atoms with van der Waals surface area (Å²) in [5.74, 6) is 0.854. The van der Waals surface area contributed by atoms with Crippen molar-refractivity contribution < 1.29 is 0 Å². The van der Waals surface area contributed by atoms with E-state index in [-0.39, 0.29) is 0 Å². The molecule has 1 saturated carbocycles. The molecule has 0 aliphatic heterocycles. The zero-order valence-electron chi connectivity index (χ0n) is 10.0. The first-order chi connectivity index (χ1) is 7.74. The summed E-state index contributed by atoms with van der Waals surface area (Å²) >= 11 is 0. The first-order valence-corrected chi connectivity index (χ1v) is 6.00. The van der Waals surface area contributed by atoms with Gasteiger partial charge in [0.2, 0.25) is 0 Å². The lowest BCUT2D eigenvalue weighted by molar-refractivity contribution is 0.741. The van der Waals surface area contributed by atoms with Crippen LogP contribution < -0.4 is 4.90 Å². The van der Waals surface area contributed by atoms with Crippen molar-refractivity contribution in [2.45, 2.75) is 26.7 Å². The first-order valence-electron chi connectivity index (χ1n) is 6.00. The molecule has 2 heteroatoms. The largest absolute Gasteiger partial charge is 0.370 e. The maximum Gasteiger partial charge on any atom is 0.101 e. The quantitative estimate of drug-likeness (QED) is 0.770. The van der Waals surface area contributed by atoms with Gasteiger partial charge < -0.3 is 4.90 Å². The highest BCUT2D eigenvalue weighted by molar-refractivity contribution is 5.60. The van der Waals surface area contributed by atoms with E-state index in [9.17, 15) is 0 Å². The van der Waals surface area contributed by atoms with Gasteiger partial charge in [-0.15, -0.1) is 0 Å². The zero-order valence-corrected chi connectivity index (χ0v) is 10.0. The molecular formula is C14H18N2. The molecule has 1 aromatic rings. The average molecular weight is 214 g/mol. The van der Waals surface area contributed by atoms with Gasteiger partial charge in [0.05, 0.1) is 11.3 Å². The van der Waals surface area contributed by atoms with Crippen LogP contribution in [0.3, 0.4) is 0 Å². The number of anilines is 1. The van der Waals surface area contributed by atoms with Gasteiger partial charge in [0.15, 0.2) is 0 Å². The van der Waals surface area contributed by atoms with Crippen LogP contribution in [0, 0.1) is 24.2 Å². The van der Waals surface area contributed by atoms with Crippen LogP contribution in [0.1, 0.15) is 30.9 Å². The van der Waals surface area contributed by atoms with Gasteiger partial charge in [0, 0.05) is 13.1 Å². The van der Waals surface area contributed by atoms with Crippen LogP contribution in [-0.4, -0.2) is 13.1 Å². The molecule has 0 bridgehead atoms. The van der Waals surface area contributed by atoms with E-state index in [0.29, 0.717) is 0 Å². The fraction of sp³-hybridized carbons (Fsp3) is 0.500. The van der Waals surface area contributed by atoms with Crippen molar-refractivity contribution in [1.29, 1.82) is 5.26 Å². The highest BCUT2D eigenvalue weighted by Gasteiger charge is 2.24. The number of hydrogen-bond acceptors (Lipinski definition) is 2. The van der Waals surface area contributed by atoms with E-state index in [4.69, 9.17) is 5.26 Å². The molecule has 1 aliphatic carbocycles. The predicted octanol–water partition coefficient (Wildman–Crippen LogP) is 3.10. The molecule has 0 atom stereocenters. The summed E-state index contributed by atoms with van der Waals surface area (Å²) in [4.78, 5) is 2.33. The van der Waals surface area contributed by atoms with E-state index < -0.39 is 0 Å². The van der Waals surface area contributed by atoms with Gasteiger partial charge in [-0.1, -0.05) is 6.07 Å². The van der Waals surface area contributed by atoms with Crippen LogP contribution in [0.2, 0.25) is 0 Å². The second kappa shape index (κ2) is 4.57. The molecule has 0 N–H and O–H groups in total. The Kier molecular flexibility index (Phi) is 3.14. The van der Waals surface area contributed by atoms with Crippen LogP contribution >= 0.6 is 0 Å². The number of hydrogen-bond donors (Lipinski definition) is 0. The Bertz CT molecular complexity index is 413. The summed E-state index contributed by atoms with van der Waals surface area (Å²) in [6, 6.07) is 8.45. The third kappa shape index (κ3) is 2.36. The molecule has 1 aliphatic rings. The van der Waals surface area contributed by atoms with E-state index in [0.717, 1.165) is 35.8 Å². The Hall–Kier alpha value is -1.49. The smallest absolute Gasteiger partial charge is 0.101 e. The van der Waals surface area contributed by atoms with Crippen molar-refractivity contribution in [3.8, 4) is 6.07 Å². The van der Waals surface area contributed by atoms with Gasteiger partial charge in [-0.2, -0.15) is 5.26 Å². The number of benzene rings is 1. The summed E-state index contributed by atoms with van der Waals surface area (Å²) in [7, 11) is 0.